The van der Waals surface area contributed by atoms with Crippen LogP contribution in [0.4, 0.5) is 0 Å². The molecule has 20 heavy (non-hydrogen) atoms. The number of benzene rings is 1. The first-order chi connectivity index (χ1) is 9.40. The Morgan fingerprint density at radius 1 is 1.30 bits per heavy atom. The molecule has 0 amide bonds. The monoisotopic (exact) mass is 299 g/mol. The summed E-state index contributed by atoms with van der Waals surface area (Å²) in [7, 11) is -3.69. The maximum absolute atomic E-state index is 12.2. The maximum atomic E-state index is 12.2. The van der Waals surface area contributed by atoms with Gasteiger partial charge in [0.1, 0.15) is 6.04 Å². The quantitative estimate of drug-likeness (QED) is 0.803. The molecule has 1 fully saturated rings. The Balaban J connectivity index is 2.08. The predicted molar refractivity (Wildman–Crippen MR) is 72.7 cm³/mol. The highest BCUT2D eigenvalue weighted by atomic mass is 32.2. The highest BCUT2D eigenvalue weighted by molar-refractivity contribution is 7.89. The number of aliphatic hydroxyl groups is 1. The van der Waals surface area contributed by atoms with Crippen LogP contribution in [-0.2, 0) is 21.2 Å². The van der Waals surface area contributed by atoms with Crippen molar-refractivity contribution in [2.45, 2.75) is 25.0 Å². The molecule has 1 saturated heterocycles. The van der Waals surface area contributed by atoms with Crippen LogP contribution in [0.15, 0.2) is 30.3 Å². The fourth-order valence-electron chi connectivity index (χ4n) is 2.32. The first-order valence-corrected chi connectivity index (χ1v) is 7.95. The molecule has 1 aromatic carbocycles. The van der Waals surface area contributed by atoms with Gasteiger partial charge in [-0.2, -0.15) is 4.31 Å². The van der Waals surface area contributed by atoms with Gasteiger partial charge in [-0.3, -0.25) is 4.79 Å². The van der Waals surface area contributed by atoms with Gasteiger partial charge < -0.3 is 10.2 Å². The second-order valence-electron chi connectivity index (χ2n) is 4.86. The van der Waals surface area contributed by atoms with Crippen molar-refractivity contribution >= 4 is 16.0 Å². The molecule has 7 heteroatoms. The van der Waals surface area contributed by atoms with Crippen molar-refractivity contribution in [1.82, 2.24) is 4.31 Å². The van der Waals surface area contributed by atoms with E-state index in [0.717, 1.165) is 9.87 Å². The molecule has 0 unspecified atom stereocenters. The number of aryl methyl sites for hydroxylation is 1. The highest BCUT2D eigenvalue weighted by Gasteiger charge is 2.42. The second kappa shape index (κ2) is 5.90. The number of aliphatic hydroxyl groups excluding tert-OH is 1. The fourth-order valence-corrected chi connectivity index (χ4v) is 4.02. The summed E-state index contributed by atoms with van der Waals surface area (Å²) in [4.78, 5) is 11.1. The number of sulfonamides is 1. The largest absolute Gasteiger partial charge is 0.480 e. The van der Waals surface area contributed by atoms with E-state index in [9.17, 15) is 18.3 Å². The molecule has 1 aliphatic rings. The van der Waals surface area contributed by atoms with Crippen LogP contribution in [0.3, 0.4) is 0 Å². The van der Waals surface area contributed by atoms with Crippen LogP contribution < -0.4 is 0 Å². The standard InChI is InChI=1S/C13H17NO5S/c15-11-8-12(13(16)17)14(9-11)20(18,19)7-6-10-4-2-1-3-5-10/h1-5,11-12,15H,6-9H2,(H,16,17)/t11-,12+/m1/s1. The Bertz CT molecular complexity index is 572. The van der Waals surface area contributed by atoms with E-state index in [1.165, 1.54) is 0 Å². The van der Waals surface area contributed by atoms with Gasteiger partial charge in [-0.15, -0.1) is 0 Å². The maximum Gasteiger partial charge on any atom is 0.322 e. The van der Waals surface area contributed by atoms with Gasteiger partial charge in [0.05, 0.1) is 11.9 Å². The van der Waals surface area contributed by atoms with E-state index < -0.39 is 28.1 Å². The van der Waals surface area contributed by atoms with Crippen LogP contribution in [0.5, 0.6) is 0 Å². The van der Waals surface area contributed by atoms with Crippen molar-refractivity contribution in [3.05, 3.63) is 35.9 Å². The van der Waals surface area contributed by atoms with E-state index in [2.05, 4.69) is 0 Å². The molecule has 110 valence electrons. The average molecular weight is 299 g/mol. The summed E-state index contributed by atoms with van der Waals surface area (Å²) in [5, 5.41) is 18.5. The molecular formula is C13H17NO5S. The number of nitrogens with zero attached hydrogens (tertiary/aromatic N) is 1. The van der Waals surface area contributed by atoms with E-state index in [4.69, 9.17) is 5.11 Å². The molecule has 1 aliphatic heterocycles. The van der Waals surface area contributed by atoms with Crippen LogP contribution >= 0.6 is 0 Å². The van der Waals surface area contributed by atoms with Gasteiger partial charge in [0, 0.05) is 13.0 Å². The average Bonchev–Trinajstić information content (AvgIpc) is 2.81. The molecule has 2 N–H and O–H groups in total. The second-order valence-corrected chi connectivity index (χ2v) is 6.91. The van der Waals surface area contributed by atoms with Crippen LogP contribution in [0, 0.1) is 0 Å². The number of hydrogen-bond donors (Lipinski definition) is 2. The van der Waals surface area contributed by atoms with Gasteiger partial charge in [0.25, 0.3) is 0 Å². The minimum atomic E-state index is -3.69. The summed E-state index contributed by atoms with van der Waals surface area (Å²) in [5.74, 6) is -1.38. The van der Waals surface area contributed by atoms with Crippen molar-refractivity contribution < 1.29 is 23.4 Å². The Labute approximate surface area is 117 Å². The van der Waals surface area contributed by atoms with E-state index in [-0.39, 0.29) is 18.7 Å². The Morgan fingerprint density at radius 3 is 2.55 bits per heavy atom. The van der Waals surface area contributed by atoms with Gasteiger partial charge >= 0.3 is 5.97 Å². The van der Waals surface area contributed by atoms with Crippen molar-refractivity contribution in [3.63, 3.8) is 0 Å². The third-order valence-electron chi connectivity index (χ3n) is 3.37. The van der Waals surface area contributed by atoms with E-state index in [1.807, 2.05) is 30.3 Å². The van der Waals surface area contributed by atoms with E-state index in [1.54, 1.807) is 0 Å². The number of rotatable bonds is 5. The van der Waals surface area contributed by atoms with Gasteiger partial charge in [0.2, 0.25) is 10.0 Å². The van der Waals surface area contributed by atoms with Gasteiger partial charge in [-0.1, -0.05) is 30.3 Å². The Hall–Kier alpha value is -1.44. The minimum absolute atomic E-state index is 0.0557. The highest BCUT2D eigenvalue weighted by Crippen LogP contribution is 2.22. The molecule has 0 spiro atoms. The number of carboxylic acids is 1. The predicted octanol–water partition coefficient (Wildman–Crippen LogP) is 0.0787. The summed E-state index contributed by atoms with van der Waals surface area (Å²) < 4.78 is 25.3. The fraction of sp³-hybridized carbons (Fsp3) is 0.462. The Kier molecular flexibility index (Phi) is 4.42. The molecule has 2 atom stereocenters. The molecule has 0 aromatic heterocycles. The number of carbonyl (C=O) groups is 1. The SMILES string of the molecule is O=C(O)[C@@H]1C[C@@H](O)CN1S(=O)(=O)CCc1ccccc1. The lowest BCUT2D eigenvalue weighted by atomic mass is 10.2. The molecule has 1 heterocycles. The molecule has 0 aliphatic carbocycles. The summed E-state index contributed by atoms with van der Waals surface area (Å²) in [6.07, 6.45) is -0.648. The van der Waals surface area contributed by atoms with Crippen molar-refractivity contribution in [3.8, 4) is 0 Å². The van der Waals surface area contributed by atoms with Gasteiger partial charge in [-0.05, 0) is 12.0 Å². The summed E-state index contributed by atoms with van der Waals surface area (Å²) in [5.41, 5.74) is 0.877. The molecule has 6 nitrogen and oxygen atoms in total. The molecular weight excluding hydrogens is 282 g/mol. The molecule has 1 aromatic rings. The van der Waals surface area contributed by atoms with Crippen LogP contribution in [0.1, 0.15) is 12.0 Å². The van der Waals surface area contributed by atoms with Gasteiger partial charge in [-0.25, -0.2) is 8.42 Å². The van der Waals surface area contributed by atoms with Crippen molar-refractivity contribution in [1.29, 1.82) is 0 Å². The Morgan fingerprint density at radius 2 is 1.95 bits per heavy atom. The summed E-state index contributed by atoms with van der Waals surface area (Å²) in [6.45, 7) is -0.145. The molecule has 2 rings (SSSR count). The third-order valence-corrected chi connectivity index (χ3v) is 5.21. The summed E-state index contributed by atoms with van der Waals surface area (Å²) >= 11 is 0. The minimum Gasteiger partial charge on any atom is -0.480 e. The molecule has 0 radical (unpaired) electrons. The zero-order chi connectivity index (χ0) is 14.8. The van der Waals surface area contributed by atoms with Crippen LogP contribution in [0.2, 0.25) is 0 Å². The normalized spacial score (nSPS) is 23.9. The summed E-state index contributed by atoms with van der Waals surface area (Å²) in [6, 6.07) is 7.97. The van der Waals surface area contributed by atoms with Crippen molar-refractivity contribution in [2.24, 2.45) is 0 Å². The topological polar surface area (TPSA) is 94.9 Å². The molecule has 0 saturated carbocycles. The first kappa shape index (κ1) is 15.0. The lowest BCUT2D eigenvalue weighted by Crippen LogP contribution is -2.42. The van der Waals surface area contributed by atoms with E-state index >= 15 is 0 Å². The van der Waals surface area contributed by atoms with Gasteiger partial charge in [0.15, 0.2) is 0 Å². The van der Waals surface area contributed by atoms with Crippen LogP contribution in [-0.4, -0.2) is 53.3 Å². The molecule has 0 bridgehead atoms. The lowest BCUT2D eigenvalue weighted by Gasteiger charge is -2.20. The number of aliphatic carboxylic acids is 1. The number of carboxylic acid groups (broad SMARTS) is 1. The number of β-amino-alcohol motifs (C(OH)–C–C–N with tert-alkyl or cyclic N) is 1. The van der Waals surface area contributed by atoms with E-state index in [0.29, 0.717) is 6.42 Å². The smallest absolute Gasteiger partial charge is 0.322 e. The third kappa shape index (κ3) is 3.36. The lowest BCUT2D eigenvalue weighted by molar-refractivity contribution is -0.140. The van der Waals surface area contributed by atoms with Crippen molar-refractivity contribution in [2.75, 3.05) is 12.3 Å². The van der Waals surface area contributed by atoms with Crippen LogP contribution in [0.25, 0.3) is 0 Å². The zero-order valence-corrected chi connectivity index (χ0v) is 11.7. The number of hydrogen-bond acceptors (Lipinski definition) is 4. The zero-order valence-electron chi connectivity index (χ0n) is 10.8. The first-order valence-electron chi connectivity index (χ1n) is 6.34.